The fourth-order valence-electron chi connectivity index (χ4n) is 1.72. The Kier molecular flexibility index (Phi) is 4.54. The molecule has 2 rings (SSSR count). The number of hydrogen-bond acceptors (Lipinski definition) is 3. The number of methoxy groups -OCH3 is 1. The van der Waals surface area contributed by atoms with Crippen LogP contribution in [0.3, 0.4) is 0 Å². The van der Waals surface area contributed by atoms with Crippen LogP contribution >= 0.6 is 38.9 Å². The van der Waals surface area contributed by atoms with Crippen molar-refractivity contribution in [3.8, 4) is 5.75 Å². The van der Waals surface area contributed by atoms with E-state index in [-0.39, 0.29) is 0 Å². The van der Waals surface area contributed by atoms with E-state index in [0.717, 1.165) is 33.0 Å². The van der Waals surface area contributed by atoms with E-state index in [1.54, 1.807) is 18.4 Å². The van der Waals surface area contributed by atoms with Gasteiger partial charge in [-0.25, -0.2) is 0 Å². The lowest BCUT2D eigenvalue weighted by molar-refractivity contribution is 0.416. The average Bonchev–Trinajstić information content (AvgIpc) is 2.73. The van der Waals surface area contributed by atoms with Crippen LogP contribution in [0.5, 0.6) is 5.75 Å². The van der Waals surface area contributed by atoms with Gasteiger partial charge < -0.3 is 10.1 Å². The molecule has 0 saturated heterocycles. The molecular formula is C13H13BrClNOS. The summed E-state index contributed by atoms with van der Waals surface area (Å²) in [5, 5.41) is 6.12. The minimum absolute atomic E-state index is 0.746. The van der Waals surface area contributed by atoms with Gasteiger partial charge in [0.2, 0.25) is 0 Å². The van der Waals surface area contributed by atoms with Crippen LogP contribution in [0.15, 0.2) is 28.1 Å². The van der Waals surface area contributed by atoms with Crippen molar-refractivity contribution < 1.29 is 4.74 Å². The van der Waals surface area contributed by atoms with Crippen LogP contribution in [0, 0.1) is 6.92 Å². The highest BCUT2D eigenvalue weighted by Crippen LogP contribution is 2.32. The maximum absolute atomic E-state index is 5.90. The first kappa shape index (κ1) is 13.7. The van der Waals surface area contributed by atoms with Gasteiger partial charge in [-0.15, -0.1) is 11.3 Å². The maximum Gasteiger partial charge on any atom is 0.143 e. The number of aryl methyl sites for hydroxylation is 1. The van der Waals surface area contributed by atoms with Gasteiger partial charge in [0, 0.05) is 21.3 Å². The Morgan fingerprint density at radius 2 is 2.17 bits per heavy atom. The number of anilines is 1. The molecule has 1 aromatic carbocycles. The van der Waals surface area contributed by atoms with Crippen LogP contribution in [0.25, 0.3) is 0 Å². The summed E-state index contributed by atoms with van der Waals surface area (Å²) in [5.74, 6) is 0.838. The highest BCUT2D eigenvalue weighted by atomic mass is 79.9. The molecule has 0 aliphatic carbocycles. The quantitative estimate of drug-likeness (QED) is 0.832. The van der Waals surface area contributed by atoms with Gasteiger partial charge in [-0.1, -0.05) is 27.5 Å². The number of benzene rings is 1. The number of nitrogens with one attached hydrogen (secondary N) is 1. The zero-order valence-electron chi connectivity index (χ0n) is 10.1. The molecule has 0 amide bonds. The van der Waals surface area contributed by atoms with Crippen molar-refractivity contribution in [3.63, 3.8) is 0 Å². The lowest BCUT2D eigenvalue weighted by atomic mass is 10.2. The van der Waals surface area contributed by atoms with Crippen molar-refractivity contribution in [2.75, 3.05) is 12.4 Å². The third kappa shape index (κ3) is 3.19. The molecule has 0 atom stereocenters. The van der Waals surface area contributed by atoms with Gasteiger partial charge in [-0.05, 0) is 30.7 Å². The highest BCUT2D eigenvalue weighted by Gasteiger charge is 2.08. The fourth-order valence-corrected chi connectivity index (χ4v) is 3.29. The highest BCUT2D eigenvalue weighted by molar-refractivity contribution is 9.10. The molecular weight excluding hydrogens is 334 g/mol. The number of rotatable bonds is 4. The predicted molar refractivity (Wildman–Crippen MR) is 82.1 cm³/mol. The van der Waals surface area contributed by atoms with Gasteiger partial charge in [-0.2, -0.15) is 0 Å². The summed E-state index contributed by atoms with van der Waals surface area (Å²) >= 11 is 11.0. The van der Waals surface area contributed by atoms with Crippen molar-refractivity contribution in [1.82, 2.24) is 0 Å². The lowest BCUT2D eigenvalue weighted by Gasteiger charge is -2.14. The van der Waals surface area contributed by atoms with Crippen molar-refractivity contribution in [3.05, 3.63) is 43.5 Å². The molecule has 0 aliphatic heterocycles. The fraction of sp³-hybridized carbons (Fsp3) is 0.231. The minimum Gasteiger partial charge on any atom is -0.495 e. The zero-order chi connectivity index (χ0) is 13.1. The summed E-state index contributed by atoms with van der Waals surface area (Å²) in [7, 11) is 1.68. The molecule has 1 N–H and O–H groups in total. The Hall–Kier alpha value is -0.710. The van der Waals surface area contributed by atoms with E-state index in [1.807, 2.05) is 17.5 Å². The van der Waals surface area contributed by atoms with Crippen molar-refractivity contribution in [2.45, 2.75) is 13.5 Å². The van der Waals surface area contributed by atoms with Gasteiger partial charge in [-0.3, -0.25) is 0 Å². The van der Waals surface area contributed by atoms with Crippen LogP contribution < -0.4 is 10.1 Å². The summed E-state index contributed by atoms with van der Waals surface area (Å²) in [4.78, 5) is 1.20. The molecule has 0 fully saturated rings. The second-order valence-electron chi connectivity index (χ2n) is 3.88. The van der Waals surface area contributed by atoms with E-state index < -0.39 is 0 Å². The van der Waals surface area contributed by atoms with E-state index in [9.17, 15) is 0 Å². The summed E-state index contributed by atoms with van der Waals surface area (Å²) in [6.07, 6.45) is 0. The van der Waals surface area contributed by atoms with Gasteiger partial charge in [0.1, 0.15) is 5.75 Å². The first-order valence-electron chi connectivity index (χ1n) is 5.41. The van der Waals surface area contributed by atoms with E-state index in [2.05, 4.69) is 34.2 Å². The third-order valence-corrected chi connectivity index (χ3v) is 4.29. The second kappa shape index (κ2) is 5.95. The number of ether oxygens (including phenoxy) is 1. The molecule has 0 spiro atoms. The number of thiophene rings is 1. The standard InChI is InChI=1S/C13H13BrClNOS/c1-8-3-9(14)4-12(17-2)13(8)16-6-11-5-10(15)7-18-11/h3-5,7,16H,6H2,1-2H3. The van der Waals surface area contributed by atoms with Crippen molar-refractivity contribution in [1.29, 1.82) is 0 Å². The van der Waals surface area contributed by atoms with Crippen LogP contribution in [-0.2, 0) is 6.54 Å². The van der Waals surface area contributed by atoms with Crippen LogP contribution in [-0.4, -0.2) is 7.11 Å². The Morgan fingerprint density at radius 1 is 1.39 bits per heavy atom. The minimum atomic E-state index is 0.746. The van der Waals surface area contributed by atoms with E-state index in [0.29, 0.717) is 0 Å². The Morgan fingerprint density at radius 3 is 2.78 bits per heavy atom. The summed E-state index contributed by atoms with van der Waals surface area (Å²) < 4.78 is 6.40. The third-order valence-electron chi connectivity index (χ3n) is 2.55. The number of hydrogen-bond donors (Lipinski definition) is 1. The average molecular weight is 347 g/mol. The van der Waals surface area contributed by atoms with Gasteiger partial charge in [0.25, 0.3) is 0 Å². The van der Waals surface area contributed by atoms with Crippen LogP contribution in [0.2, 0.25) is 5.02 Å². The molecule has 5 heteroatoms. The monoisotopic (exact) mass is 345 g/mol. The Labute approximate surface area is 124 Å². The molecule has 0 saturated carbocycles. The van der Waals surface area contributed by atoms with E-state index >= 15 is 0 Å². The zero-order valence-corrected chi connectivity index (χ0v) is 13.2. The second-order valence-corrected chi connectivity index (χ2v) is 6.23. The van der Waals surface area contributed by atoms with Crippen molar-refractivity contribution >= 4 is 44.6 Å². The molecule has 0 aliphatic rings. The summed E-state index contributed by atoms with van der Waals surface area (Å²) in [6.45, 7) is 2.80. The molecule has 96 valence electrons. The van der Waals surface area contributed by atoms with Gasteiger partial charge in [0.15, 0.2) is 0 Å². The van der Waals surface area contributed by atoms with E-state index in [4.69, 9.17) is 16.3 Å². The summed E-state index contributed by atoms with van der Waals surface area (Å²) in [5.41, 5.74) is 2.16. The largest absolute Gasteiger partial charge is 0.495 e. The SMILES string of the molecule is COc1cc(Br)cc(C)c1NCc1cc(Cl)cs1. The molecule has 0 radical (unpaired) electrons. The first-order valence-corrected chi connectivity index (χ1v) is 7.46. The molecule has 0 bridgehead atoms. The van der Waals surface area contributed by atoms with E-state index in [1.165, 1.54) is 4.88 Å². The normalized spacial score (nSPS) is 10.4. The Bertz CT molecular complexity index is 556. The number of halogens is 2. The maximum atomic E-state index is 5.90. The summed E-state index contributed by atoms with van der Waals surface area (Å²) in [6, 6.07) is 5.99. The van der Waals surface area contributed by atoms with Gasteiger partial charge in [0.05, 0.1) is 17.8 Å². The predicted octanol–water partition coefficient (Wildman–Crippen LogP) is 5.09. The van der Waals surface area contributed by atoms with Crippen LogP contribution in [0.1, 0.15) is 10.4 Å². The van der Waals surface area contributed by atoms with Crippen molar-refractivity contribution in [2.24, 2.45) is 0 Å². The first-order chi connectivity index (χ1) is 8.60. The molecule has 18 heavy (non-hydrogen) atoms. The van der Waals surface area contributed by atoms with Gasteiger partial charge >= 0.3 is 0 Å². The molecule has 1 heterocycles. The topological polar surface area (TPSA) is 21.3 Å². The smallest absolute Gasteiger partial charge is 0.143 e. The molecule has 2 aromatic rings. The van der Waals surface area contributed by atoms with Crippen LogP contribution in [0.4, 0.5) is 5.69 Å². The molecule has 2 nitrogen and oxygen atoms in total. The Balaban J connectivity index is 2.18. The molecule has 0 unspecified atom stereocenters. The lowest BCUT2D eigenvalue weighted by Crippen LogP contribution is -2.02. The molecule has 1 aromatic heterocycles.